The van der Waals surface area contributed by atoms with E-state index in [9.17, 15) is 18.0 Å². The second kappa shape index (κ2) is 8.68. The van der Waals surface area contributed by atoms with Gasteiger partial charge in [-0.25, -0.2) is 0 Å². The van der Waals surface area contributed by atoms with Gasteiger partial charge in [0.05, 0.1) is 12.7 Å². The molecule has 0 saturated heterocycles. The van der Waals surface area contributed by atoms with Gasteiger partial charge in [0.25, 0.3) is 5.91 Å². The van der Waals surface area contributed by atoms with E-state index >= 15 is 0 Å². The minimum Gasteiger partial charge on any atom is -0.497 e. The first-order chi connectivity index (χ1) is 13.9. The van der Waals surface area contributed by atoms with Gasteiger partial charge in [-0.1, -0.05) is 30.3 Å². The van der Waals surface area contributed by atoms with Crippen molar-refractivity contribution < 1.29 is 27.4 Å². The van der Waals surface area contributed by atoms with Crippen LogP contribution in [0.4, 0.5) is 18.9 Å². The highest BCUT2D eigenvalue weighted by molar-refractivity contribution is 5.95. The zero-order valence-corrected chi connectivity index (χ0v) is 15.4. The number of alkyl halides is 3. The van der Waals surface area contributed by atoms with Crippen molar-refractivity contribution >= 4 is 11.6 Å². The first kappa shape index (κ1) is 20.3. The van der Waals surface area contributed by atoms with Gasteiger partial charge in [0.15, 0.2) is 0 Å². The average molecular weight is 401 g/mol. The Bertz CT molecular complexity index is 940. The highest BCUT2D eigenvalue weighted by atomic mass is 19.4. The quantitative estimate of drug-likeness (QED) is 0.596. The van der Waals surface area contributed by atoms with Crippen molar-refractivity contribution in [2.75, 3.05) is 12.4 Å². The van der Waals surface area contributed by atoms with Crippen LogP contribution in [0.1, 0.15) is 17.2 Å². The maximum Gasteiger partial charge on any atom is 0.416 e. The summed E-state index contributed by atoms with van der Waals surface area (Å²) in [6.45, 7) is 0. The van der Waals surface area contributed by atoms with Crippen LogP contribution >= 0.6 is 0 Å². The molecule has 0 aliphatic rings. The topological polar surface area (TPSA) is 47.6 Å². The van der Waals surface area contributed by atoms with Crippen LogP contribution in [0.3, 0.4) is 0 Å². The number of amides is 1. The highest BCUT2D eigenvalue weighted by Gasteiger charge is 2.30. The van der Waals surface area contributed by atoms with E-state index < -0.39 is 23.8 Å². The monoisotopic (exact) mass is 401 g/mol. The van der Waals surface area contributed by atoms with Crippen molar-refractivity contribution in [3.63, 3.8) is 0 Å². The number of anilines is 1. The predicted molar refractivity (Wildman–Crippen MR) is 103 cm³/mol. The maximum atomic E-state index is 12.9. The number of nitrogens with one attached hydrogen (secondary N) is 1. The largest absolute Gasteiger partial charge is 0.497 e. The standard InChI is InChI=1S/C22H18F3NO3/c1-28-18-13-9-17(10-14-18)26-21(27)20(15-5-3-2-4-6-15)29-19-11-7-16(8-12-19)22(23,24)25/h2-14,20H,1H3,(H,26,27)/t20-/m0/s1. The lowest BCUT2D eigenvalue weighted by molar-refractivity contribution is -0.137. The molecular formula is C22H18F3NO3. The first-order valence-electron chi connectivity index (χ1n) is 8.70. The number of methoxy groups -OCH3 is 1. The van der Waals surface area contributed by atoms with E-state index in [4.69, 9.17) is 9.47 Å². The number of carbonyl (C=O) groups excluding carboxylic acids is 1. The number of rotatable bonds is 6. The molecule has 0 radical (unpaired) electrons. The zero-order chi connectivity index (χ0) is 20.9. The second-order valence-corrected chi connectivity index (χ2v) is 6.15. The van der Waals surface area contributed by atoms with E-state index in [0.29, 0.717) is 17.0 Å². The molecule has 1 atom stereocenters. The summed E-state index contributed by atoms with van der Waals surface area (Å²) in [5.41, 5.74) is 0.315. The van der Waals surface area contributed by atoms with Gasteiger partial charge >= 0.3 is 6.18 Å². The fourth-order valence-corrected chi connectivity index (χ4v) is 2.64. The molecule has 0 bridgehead atoms. The Morgan fingerprint density at radius 2 is 1.45 bits per heavy atom. The molecule has 29 heavy (non-hydrogen) atoms. The summed E-state index contributed by atoms with van der Waals surface area (Å²) in [4.78, 5) is 12.9. The summed E-state index contributed by atoms with van der Waals surface area (Å²) in [5, 5.41) is 2.75. The Morgan fingerprint density at radius 3 is 2.00 bits per heavy atom. The van der Waals surface area contributed by atoms with E-state index in [0.717, 1.165) is 12.1 Å². The fraction of sp³-hybridized carbons (Fsp3) is 0.136. The third kappa shape index (κ3) is 5.28. The third-order valence-electron chi connectivity index (χ3n) is 4.13. The molecule has 0 spiro atoms. The van der Waals surface area contributed by atoms with Crippen LogP contribution in [-0.2, 0) is 11.0 Å². The van der Waals surface area contributed by atoms with Gasteiger partial charge in [0, 0.05) is 11.3 Å². The van der Waals surface area contributed by atoms with Crippen molar-refractivity contribution in [3.8, 4) is 11.5 Å². The van der Waals surface area contributed by atoms with Gasteiger partial charge in [-0.2, -0.15) is 13.2 Å². The van der Waals surface area contributed by atoms with Gasteiger partial charge in [0.2, 0.25) is 6.10 Å². The minimum absolute atomic E-state index is 0.150. The summed E-state index contributed by atoms with van der Waals surface area (Å²) in [7, 11) is 1.54. The normalized spacial score (nSPS) is 12.1. The minimum atomic E-state index is -4.44. The van der Waals surface area contributed by atoms with Crippen LogP contribution in [0.2, 0.25) is 0 Å². The smallest absolute Gasteiger partial charge is 0.416 e. The molecule has 3 aromatic carbocycles. The van der Waals surface area contributed by atoms with Gasteiger partial charge in [-0.3, -0.25) is 4.79 Å². The molecule has 1 N–H and O–H groups in total. The molecule has 3 aromatic rings. The van der Waals surface area contributed by atoms with Gasteiger partial charge in [-0.15, -0.1) is 0 Å². The van der Waals surface area contributed by atoms with Crippen LogP contribution < -0.4 is 14.8 Å². The summed E-state index contributed by atoms with van der Waals surface area (Å²) in [6.07, 6.45) is -5.49. The molecule has 0 saturated carbocycles. The molecule has 0 unspecified atom stereocenters. The van der Waals surface area contributed by atoms with Crippen LogP contribution in [0.15, 0.2) is 78.9 Å². The average Bonchev–Trinajstić information content (AvgIpc) is 2.73. The maximum absolute atomic E-state index is 12.9. The Hall–Kier alpha value is -3.48. The van der Waals surface area contributed by atoms with Crippen LogP contribution in [-0.4, -0.2) is 13.0 Å². The van der Waals surface area contributed by atoms with E-state index in [1.165, 1.54) is 19.2 Å². The second-order valence-electron chi connectivity index (χ2n) is 6.15. The molecular weight excluding hydrogens is 383 g/mol. The van der Waals surface area contributed by atoms with E-state index in [1.807, 2.05) is 0 Å². The van der Waals surface area contributed by atoms with E-state index in [1.54, 1.807) is 54.6 Å². The molecule has 0 fully saturated rings. The predicted octanol–water partition coefficient (Wildman–Crippen LogP) is 5.47. The van der Waals surface area contributed by atoms with E-state index in [2.05, 4.69) is 5.32 Å². The molecule has 1 amide bonds. The molecule has 7 heteroatoms. The number of ether oxygens (including phenoxy) is 2. The van der Waals surface area contributed by atoms with Crippen molar-refractivity contribution in [2.45, 2.75) is 12.3 Å². The Kier molecular flexibility index (Phi) is 6.07. The lowest BCUT2D eigenvalue weighted by Crippen LogP contribution is -2.25. The summed E-state index contributed by atoms with van der Waals surface area (Å²) >= 11 is 0. The van der Waals surface area contributed by atoms with Crippen molar-refractivity contribution in [1.29, 1.82) is 0 Å². The lowest BCUT2D eigenvalue weighted by Gasteiger charge is -2.20. The summed E-state index contributed by atoms with van der Waals surface area (Å²) < 4.78 is 49.1. The third-order valence-corrected chi connectivity index (χ3v) is 4.13. The Balaban J connectivity index is 1.81. The van der Waals surface area contributed by atoms with Gasteiger partial charge < -0.3 is 14.8 Å². The SMILES string of the molecule is COc1ccc(NC(=O)[C@@H](Oc2ccc(C(F)(F)F)cc2)c2ccccc2)cc1. The first-order valence-corrected chi connectivity index (χ1v) is 8.70. The lowest BCUT2D eigenvalue weighted by atomic mass is 10.1. The van der Waals surface area contributed by atoms with Crippen LogP contribution in [0, 0.1) is 0 Å². The summed E-state index contributed by atoms with van der Waals surface area (Å²) in [5.74, 6) is 0.335. The number of carbonyl (C=O) groups is 1. The van der Waals surface area contributed by atoms with Crippen molar-refractivity contribution in [2.24, 2.45) is 0 Å². The number of hydrogen-bond donors (Lipinski definition) is 1. The number of halogens is 3. The van der Waals surface area contributed by atoms with Gasteiger partial charge in [-0.05, 0) is 48.5 Å². The fourth-order valence-electron chi connectivity index (χ4n) is 2.64. The molecule has 0 aliphatic carbocycles. The molecule has 3 rings (SSSR count). The molecule has 0 heterocycles. The van der Waals surface area contributed by atoms with E-state index in [-0.39, 0.29) is 5.75 Å². The number of hydrogen-bond acceptors (Lipinski definition) is 3. The Morgan fingerprint density at radius 1 is 0.862 bits per heavy atom. The zero-order valence-electron chi connectivity index (χ0n) is 15.4. The van der Waals surface area contributed by atoms with Crippen molar-refractivity contribution in [1.82, 2.24) is 0 Å². The van der Waals surface area contributed by atoms with Crippen molar-refractivity contribution in [3.05, 3.63) is 90.0 Å². The van der Waals surface area contributed by atoms with Crippen LogP contribution in [0.5, 0.6) is 11.5 Å². The summed E-state index contributed by atoms with van der Waals surface area (Å²) in [6, 6.07) is 19.7. The Labute approximate surface area is 165 Å². The van der Waals surface area contributed by atoms with Crippen LogP contribution in [0.25, 0.3) is 0 Å². The molecule has 150 valence electrons. The van der Waals surface area contributed by atoms with Gasteiger partial charge in [0.1, 0.15) is 11.5 Å². The highest BCUT2D eigenvalue weighted by Crippen LogP contribution is 2.31. The molecule has 4 nitrogen and oxygen atoms in total. The molecule has 0 aliphatic heterocycles. The number of benzene rings is 3. The molecule has 0 aromatic heterocycles.